The summed E-state index contributed by atoms with van der Waals surface area (Å²) in [5, 5.41) is 6.67. The first-order valence-electron chi connectivity index (χ1n) is 9.41. The molecule has 2 spiro atoms. The third-order valence-electron chi connectivity index (χ3n) is 6.57. The summed E-state index contributed by atoms with van der Waals surface area (Å²) in [5.41, 5.74) is 1.65. The first-order chi connectivity index (χ1) is 12.0. The molecule has 3 fully saturated rings. The molecule has 1 saturated carbocycles. The maximum absolute atomic E-state index is 13.7. The third-order valence-corrected chi connectivity index (χ3v) is 6.57. The normalized spacial score (nSPS) is 28.1. The molecule has 2 aliphatic heterocycles. The monoisotopic (exact) mass is 346 g/mol. The highest BCUT2D eigenvalue weighted by atomic mass is 19.1. The highest BCUT2D eigenvalue weighted by molar-refractivity contribution is 5.87. The molecule has 25 heavy (non-hydrogen) atoms. The fraction of sp³-hybridized carbons (Fsp3) is 0.650. The fourth-order valence-corrected chi connectivity index (χ4v) is 4.81. The molecule has 1 atom stereocenters. The molecular formula is C20H27FN2O2. The number of benzene rings is 1. The molecule has 1 unspecified atom stereocenters. The number of hydrogen-bond acceptors (Lipinski definition) is 3. The van der Waals surface area contributed by atoms with E-state index in [1.54, 1.807) is 0 Å². The van der Waals surface area contributed by atoms with Crippen LogP contribution in [-0.4, -0.2) is 31.2 Å². The van der Waals surface area contributed by atoms with Crippen LogP contribution in [0.1, 0.15) is 55.7 Å². The lowest BCUT2D eigenvalue weighted by Gasteiger charge is -2.50. The molecule has 1 aromatic carbocycles. The number of aryl methyl sites for hydroxylation is 1. The van der Waals surface area contributed by atoms with E-state index in [1.807, 2.05) is 13.0 Å². The maximum Gasteiger partial charge on any atom is 0.240 e. The van der Waals surface area contributed by atoms with Crippen molar-refractivity contribution in [1.29, 1.82) is 0 Å². The Morgan fingerprint density at radius 2 is 1.80 bits per heavy atom. The fourth-order valence-electron chi connectivity index (χ4n) is 4.81. The van der Waals surface area contributed by atoms with Crippen molar-refractivity contribution in [3.05, 3.63) is 35.1 Å². The van der Waals surface area contributed by atoms with Crippen molar-refractivity contribution in [3.63, 3.8) is 0 Å². The Hall–Kier alpha value is -1.46. The van der Waals surface area contributed by atoms with Gasteiger partial charge in [-0.05, 0) is 74.1 Å². The number of ether oxygens (including phenoxy) is 1. The van der Waals surface area contributed by atoms with Crippen LogP contribution in [0, 0.1) is 18.2 Å². The number of halogens is 1. The van der Waals surface area contributed by atoms with Gasteiger partial charge >= 0.3 is 0 Å². The minimum absolute atomic E-state index is 0.0765. The SMILES string of the molecule is Cc1cc(F)cc(C2CNC3(CCC4(CCOCC4)CC3)C(=O)N2)c1. The molecule has 4 nitrogen and oxygen atoms in total. The summed E-state index contributed by atoms with van der Waals surface area (Å²) in [6.07, 6.45) is 6.17. The molecule has 1 aliphatic carbocycles. The van der Waals surface area contributed by atoms with Gasteiger partial charge in [0.25, 0.3) is 0 Å². The van der Waals surface area contributed by atoms with Crippen molar-refractivity contribution in [1.82, 2.24) is 10.6 Å². The van der Waals surface area contributed by atoms with Crippen LogP contribution in [0.5, 0.6) is 0 Å². The number of carbonyl (C=O) groups is 1. The molecule has 2 N–H and O–H groups in total. The van der Waals surface area contributed by atoms with Gasteiger partial charge in [-0.3, -0.25) is 4.79 Å². The molecule has 1 aromatic rings. The average Bonchev–Trinajstić information content (AvgIpc) is 2.60. The van der Waals surface area contributed by atoms with E-state index in [4.69, 9.17) is 4.74 Å². The molecule has 1 amide bonds. The van der Waals surface area contributed by atoms with Crippen LogP contribution < -0.4 is 10.6 Å². The number of nitrogens with one attached hydrogen (secondary N) is 2. The van der Waals surface area contributed by atoms with E-state index in [1.165, 1.54) is 12.1 Å². The van der Waals surface area contributed by atoms with Gasteiger partial charge in [-0.1, -0.05) is 6.07 Å². The zero-order valence-corrected chi connectivity index (χ0v) is 14.9. The summed E-state index contributed by atoms with van der Waals surface area (Å²) in [6, 6.07) is 4.82. The van der Waals surface area contributed by atoms with Crippen LogP contribution >= 0.6 is 0 Å². The number of piperazine rings is 1. The van der Waals surface area contributed by atoms with Gasteiger partial charge in [0.2, 0.25) is 5.91 Å². The number of hydrogen-bond donors (Lipinski definition) is 2. The average molecular weight is 346 g/mol. The van der Waals surface area contributed by atoms with Crippen molar-refractivity contribution >= 4 is 5.91 Å². The smallest absolute Gasteiger partial charge is 0.240 e. The molecule has 5 heteroatoms. The largest absolute Gasteiger partial charge is 0.381 e. The first-order valence-corrected chi connectivity index (χ1v) is 9.41. The molecule has 2 heterocycles. The zero-order chi connectivity index (χ0) is 17.5. The quantitative estimate of drug-likeness (QED) is 0.822. The summed E-state index contributed by atoms with van der Waals surface area (Å²) in [6.45, 7) is 4.24. The molecule has 0 bridgehead atoms. The number of carbonyl (C=O) groups excluding carboxylic acids is 1. The maximum atomic E-state index is 13.7. The number of amides is 1. The summed E-state index contributed by atoms with van der Waals surface area (Å²) in [7, 11) is 0. The van der Waals surface area contributed by atoms with Crippen LogP contribution in [0.3, 0.4) is 0 Å². The molecule has 3 aliphatic rings. The molecule has 0 aromatic heterocycles. The Bertz CT molecular complexity index is 639. The molecule has 2 saturated heterocycles. The Kier molecular flexibility index (Phi) is 4.32. The standard InChI is InChI=1S/C20H27FN2O2/c1-14-10-15(12-16(21)11-14)17-13-22-20(18(24)23-17)4-2-19(3-5-20)6-8-25-9-7-19/h10-12,17,22H,2-9,13H2,1H3,(H,23,24). The molecule has 0 radical (unpaired) electrons. The van der Waals surface area contributed by atoms with Crippen LogP contribution in [0.15, 0.2) is 18.2 Å². The molecular weight excluding hydrogens is 319 g/mol. The lowest BCUT2D eigenvalue weighted by molar-refractivity contribution is -0.134. The van der Waals surface area contributed by atoms with Gasteiger partial charge in [0.1, 0.15) is 5.82 Å². The second-order valence-corrected chi connectivity index (χ2v) is 8.16. The lowest BCUT2D eigenvalue weighted by atomic mass is 9.63. The van der Waals surface area contributed by atoms with E-state index in [2.05, 4.69) is 10.6 Å². The van der Waals surface area contributed by atoms with Crippen molar-refractivity contribution in [2.75, 3.05) is 19.8 Å². The van der Waals surface area contributed by atoms with E-state index >= 15 is 0 Å². The van der Waals surface area contributed by atoms with E-state index in [9.17, 15) is 9.18 Å². The van der Waals surface area contributed by atoms with E-state index < -0.39 is 5.54 Å². The van der Waals surface area contributed by atoms with Crippen LogP contribution in [0.2, 0.25) is 0 Å². The van der Waals surface area contributed by atoms with E-state index in [-0.39, 0.29) is 17.8 Å². The minimum atomic E-state index is -0.442. The van der Waals surface area contributed by atoms with Gasteiger partial charge in [-0.25, -0.2) is 4.39 Å². The summed E-state index contributed by atoms with van der Waals surface area (Å²) < 4.78 is 19.2. The van der Waals surface area contributed by atoms with Gasteiger partial charge in [0, 0.05) is 19.8 Å². The van der Waals surface area contributed by atoms with Gasteiger partial charge in [-0.2, -0.15) is 0 Å². The summed E-state index contributed by atoms with van der Waals surface area (Å²) >= 11 is 0. The van der Waals surface area contributed by atoms with Crippen molar-refractivity contribution in [2.45, 2.75) is 57.0 Å². The Balaban J connectivity index is 1.44. The van der Waals surface area contributed by atoms with Crippen molar-refractivity contribution in [2.24, 2.45) is 5.41 Å². The Morgan fingerprint density at radius 3 is 2.44 bits per heavy atom. The van der Waals surface area contributed by atoms with Crippen molar-refractivity contribution < 1.29 is 13.9 Å². The van der Waals surface area contributed by atoms with Gasteiger partial charge in [-0.15, -0.1) is 0 Å². The highest BCUT2D eigenvalue weighted by Crippen LogP contribution is 2.48. The molecule has 136 valence electrons. The van der Waals surface area contributed by atoms with Crippen LogP contribution in [0.4, 0.5) is 4.39 Å². The van der Waals surface area contributed by atoms with E-state index in [0.717, 1.165) is 62.9 Å². The summed E-state index contributed by atoms with van der Waals surface area (Å²) in [4.78, 5) is 12.9. The minimum Gasteiger partial charge on any atom is -0.381 e. The highest BCUT2D eigenvalue weighted by Gasteiger charge is 2.49. The van der Waals surface area contributed by atoms with Gasteiger partial charge in [0.15, 0.2) is 0 Å². The van der Waals surface area contributed by atoms with Gasteiger partial charge in [0.05, 0.1) is 11.6 Å². The number of rotatable bonds is 1. The second-order valence-electron chi connectivity index (χ2n) is 8.16. The predicted molar refractivity (Wildman–Crippen MR) is 93.7 cm³/mol. The Labute approximate surface area is 148 Å². The van der Waals surface area contributed by atoms with Crippen LogP contribution in [0.25, 0.3) is 0 Å². The van der Waals surface area contributed by atoms with Crippen molar-refractivity contribution in [3.8, 4) is 0 Å². The van der Waals surface area contributed by atoms with Gasteiger partial charge < -0.3 is 15.4 Å². The topological polar surface area (TPSA) is 50.4 Å². The Morgan fingerprint density at radius 1 is 1.08 bits per heavy atom. The first kappa shape index (κ1) is 17.0. The lowest BCUT2D eigenvalue weighted by Crippen LogP contribution is -2.65. The second kappa shape index (κ2) is 6.36. The summed E-state index contributed by atoms with van der Waals surface area (Å²) in [5.74, 6) is -0.170. The third kappa shape index (κ3) is 3.20. The predicted octanol–water partition coefficient (Wildman–Crippen LogP) is 3.00. The zero-order valence-electron chi connectivity index (χ0n) is 14.9. The van der Waals surface area contributed by atoms with E-state index in [0.29, 0.717) is 12.0 Å². The molecule has 4 rings (SSSR count). The van der Waals surface area contributed by atoms with Crippen LogP contribution in [-0.2, 0) is 9.53 Å².